The largest absolute Gasteiger partial charge is 0.494 e. The van der Waals surface area contributed by atoms with E-state index in [4.69, 9.17) is 4.74 Å². The molecular formula is C15H17N3O3. The Labute approximate surface area is 122 Å². The summed E-state index contributed by atoms with van der Waals surface area (Å²) < 4.78 is 5.43. The van der Waals surface area contributed by atoms with E-state index >= 15 is 0 Å². The normalized spacial score (nSPS) is 10.2. The standard InChI is InChI=1S/C15H17N3O3/c1-3-16-14-9-8-13(18(19)20)15(17-14)11-6-5-7-12(10-11)21-4-2/h5-10H,3-4H2,1-2H3,(H,16,17). The molecule has 2 aromatic rings. The van der Waals surface area contributed by atoms with Gasteiger partial charge < -0.3 is 10.1 Å². The van der Waals surface area contributed by atoms with Gasteiger partial charge in [-0.25, -0.2) is 4.98 Å². The summed E-state index contributed by atoms with van der Waals surface area (Å²) in [5.74, 6) is 1.28. The van der Waals surface area contributed by atoms with E-state index in [2.05, 4.69) is 10.3 Å². The average Bonchev–Trinajstić information content (AvgIpc) is 2.48. The van der Waals surface area contributed by atoms with Crippen LogP contribution in [0.5, 0.6) is 5.75 Å². The third-order valence-electron chi connectivity index (χ3n) is 2.85. The molecule has 0 amide bonds. The number of hydrogen-bond donors (Lipinski definition) is 1. The molecule has 1 aromatic carbocycles. The van der Waals surface area contributed by atoms with Crippen molar-refractivity contribution in [3.05, 3.63) is 46.5 Å². The summed E-state index contributed by atoms with van der Waals surface area (Å²) >= 11 is 0. The zero-order valence-electron chi connectivity index (χ0n) is 12.0. The monoisotopic (exact) mass is 287 g/mol. The third kappa shape index (κ3) is 3.47. The van der Waals surface area contributed by atoms with Crippen molar-refractivity contribution in [2.75, 3.05) is 18.5 Å². The van der Waals surface area contributed by atoms with Crippen LogP contribution in [0.4, 0.5) is 11.5 Å². The SMILES string of the molecule is CCNc1ccc([N+](=O)[O-])c(-c2cccc(OCC)c2)n1. The minimum atomic E-state index is -0.425. The van der Waals surface area contributed by atoms with Crippen molar-refractivity contribution in [3.63, 3.8) is 0 Å². The first-order valence-corrected chi connectivity index (χ1v) is 6.78. The van der Waals surface area contributed by atoms with Gasteiger partial charge in [-0.1, -0.05) is 12.1 Å². The van der Waals surface area contributed by atoms with E-state index in [1.165, 1.54) is 6.07 Å². The molecule has 21 heavy (non-hydrogen) atoms. The number of ether oxygens (including phenoxy) is 1. The van der Waals surface area contributed by atoms with Crippen LogP contribution < -0.4 is 10.1 Å². The number of pyridine rings is 1. The molecule has 0 atom stereocenters. The van der Waals surface area contributed by atoms with Crippen molar-refractivity contribution in [1.82, 2.24) is 4.98 Å². The summed E-state index contributed by atoms with van der Waals surface area (Å²) in [6, 6.07) is 10.2. The Hall–Kier alpha value is -2.63. The first kappa shape index (κ1) is 14.8. The molecule has 6 heteroatoms. The van der Waals surface area contributed by atoms with E-state index in [0.29, 0.717) is 36.0 Å². The van der Waals surface area contributed by atoms with Gasteiger partial charge in [0.1, 0.15) is 11.6 Å². The van der Waals surface area contributed by atoms with Crippen LogP contribution in [0.15, 0.2) is 36.4 Å². The molecular weight excluding hydrogens is 270 g/mol. The number of benzene rings is 1. The lowest BCUT2D eigenvalue weighted by Gasteiger charge is -2.08. The van der Waals surface area contributed by atoms with Crippen LogP contribution in [-0.2, 0) is 0 Å². The molecule has 1 heterocycles. The third-order valence-corrected chi connectivity index (χ3v) is 2.85. The number of rotatable bonds is 6. The summed E-state index contributed by atoms with van der Waals surface area (Å²) in [5.41, 5.74) is 0.970. The fourth-order valence-electron chi connectivity index (χ4n) is 1.99. The predicted molar refractivity (Wildman–Crippen MR) is 81.7 cm³/mol. The molecule has 0 aliphatic carbocycles. The van der Waals surface area contributed by atoms with E-state index in [1.54, 1.807) is 24.3 Å². The Morgan fingerprint density at radius 3 is 2.76 bits per heavy atom. The molecule has 0 saturated carbocycles. The van der Waals surface area contributed by atoms with Gasteiger partial charge in [0.05, 0.1) is 11.5 Å². The van der Waals surface area contributed by atoms with E-state index in [0.717, 1.165) is 0 Å². The molecule has 0 bridgehead atoms. The van der Waals surface area contributed by atoms with E-state index < -0.39 is 4.92 Å². The quantitative estimate of drug-likeness (QED) is 0.650. The highest BCUT2D eigenvalue weighted by molar-refractivity contribution is 5.72. The van der Waals surface area contributed by atoms with Gasteiger partial charge in [0, 0.05) is 18.2 Å². The molecule has 0 aliphatic rings. The lowest BCUT2D eigenvalue weighted by Crippen LogP contribution is -2.02. The second-order valence-electron chi connectivity index (χ2n) is 4.31. The maximum absolute atomic E-state index is 11.2. The molecule has 110 valence electrons. The first-order valence-electron chi connectivity index (χ1n) is 6.78. The minimum Gasteiger partial charge on any atom is -0.494 e. The molecule has 0 unspecified atom stereocenters. The van der Waals surface area contributed by atoms with Crippen LogP contribution in [0.3, 0.4) is 0 Å². The van der Waals surface area contributed by atoms with E-state index in [1.807, 2.05) is 19.9 Å². The number of aromatic nitrogens is 1. The number of nitrogens with zero attached hydrogens (tertiary/aromatic N) is 2. The van der Waals surface area contributed by atoms with Gasteiger partial charge in [0.2, 0.25) is 0 Å². The van der Waals surface area contributed by atoms with Crippen molar-refractivity contribution >= 4 is 11.5 Å². The lowest BCUT2D eigenvalue weighted by atomic mass is 10.1. The molecule has 1 N–H and O–H groups in total. The number of anilines is 1. The summed E-state index contributed by atoms with van der Waals surface area (Å²) in [4.78, 5) is 15.1. The highest BCUT2D eigenvalue weighted by Gasteiger charge is 2.18. The Morgan fingerprint density at radius 2 is 2.10 bits per heavy atom. The van der Waals surface area contributed by atoms with Gasteiger partial charge in [0.25, 0.3) is 5.69 Å². The number of nitro groups is 1. The van der Waals surface area contributed by atoms with E-state index in [9.17, 15) is 10.1 Å². The van der Waals surface area contributed by atoms with Crippen LogP contribution in [0.1, 0.15) is 13.8 Å². The summed E-state index contributed by atoms with van der Waals surface area (Å²) in [5, 5.41) is 14.2. The van der Waals surface area contributed by atoms with Gasteiger partial charge >= 0.3 is 0 Å². The van der Waals surface area contributed by atoms with Crippen LogP contribution in [-0.4, -0.2) is 23.1 Å². The summed E-state index contributed by atoms with van der Waals surface area (Å²) in [6.07, 6.45) is 0. The van der Waals surface area contributed by atoms with Crippen LogP contribution in [0.25, 0.3) is 11.3 Å². The number of hydrogen-bond acceptors (Lipinski definition) is 5. The highest BCUT2D eigenvalue weighted by Crippen LogP contribution is 2.31. The summed E-state index contributed by atoms with van der Waals surface area (Å²) in [6.45, 7) is 5.07. The van der Waals surface area contributed by atoms with Crippen molar-refractivity contribution in [2.45, 2.75) is 13.8 Å². The van der Waals surface area contributed by atoms with Gasteiger partial charge in [-0.3, -0.25) is 10.1 Å². The summed E-state index contributed by atoms with van der Waals surface area (Å²) in [7, 11) is 0. The Morgan fingerprint density at radius 1 is 1.29 bits per heavy atom. The molecule has 2 rings (SSSR count). The average molecular weight is 287 g/mol. The van der Waals surface area contributed by atoms with Crippen molar-refractivity contribution < 1.29 is 9.66 Å². The van der Waals surface area contributed by atoms with Gasteiger partial charge in [-0.05, 0) is 32.0 Å². The molecule has 0 saturated heterocycles. The zero-order valence-corrected chi connectivity index (χ0v) is 12.0. The second-order valence-corrected chi connectivity index (χ2v) is 4.31. The fraction of sp³-hybridized carbons (Fsp3) is 0.267. The maximum atomic E-state index is 11.2. The van der Waals surface area contributed by atoms with E-state index in [-0.39, 0.29) is 5.69 Å². The van der Waals surface area contributed by atoms with Crippen molar-refractivity contribution in [1.29, 1.82) is 0 Å². The Bertz CT molecular complexity index is 644. The Balaban J connectivity index is 2.51. The zero-order chi connectivity index (χ0) is 15.2. The second kappa shape index (κ2) is 6.69. The molecule has 0 fully saturated rings. The minimum absolute atomic E-state index is 0.0229. The fourth-order valence-corrected chi connectivity index (χ4v) is 1.99. The molecule has 0 radical (unpaired) electrons. The number of nitrogens with one attached hydrogen (secondary N) is 1. The molecule has 1 aromatic heterocycles. The lowest BCUT2D eigenvalue weighted by molar-refractivity contribution is -0.384. The van der Waals surface area contributed by atoms with Crippen LogP contribution >= 0.6 is 0 Å². The van der Waals surface area contributed by atoms with Crippen molar-refractivity contribution in [2.24, 2.45) is 0 Å². The van der Waals surface area contributed by atoms with Crippen LogP contribution in [0.2, 0.25) is 0 Å². The van der Waals surface area contributed by atoms with Crippen LogP contribution in [0, 0.1) is 10.1 Å². The molecule has 6 nitrogen and oxygen atoms in total. The first-order chi connectivity index (χ1) is 10.2. The molecule has 0 spiro atoms. The van der Waals surface area contributed by atoms with Gasteiger partial charge in [0.15, 0.2) is 5.69 Å². The van der Waals surface area contributed by atoms with Crippen molar-refractivity contribution in [3.8, 4) is 17.0 Å². The predicted octanol–water partition coefficient (Wildman–Crippen LogP) is 3.49. The van der Waals surface area contributed by atoms with Gasteiger partial charge in [-0.15, -0.1) is 0 Å². The smallest absolute Gasteiger partial charge is 0.295 e. The van der Waals surface area contributed by atoms with Gasteiger partial charge in [-0.2, -0.15) is 0 Å². The maximum Gasteiger partial charge on any atom is 0.295 e. The topological polar surface area (TPSA) is 77.3 Å². The Kier molecular flexibility index (Phi) is 4.71. The molecule has 0 aliphatic heterocycles. The highest BCUT2D eigenvalue weighted by atomic mass is 16.6.